The summed E-state index contributed by atoms with van der Waals surface area (Å²) in [5, 5.41) is 18.1. The number of hydrogen-bond acceptors (Lipinski definition) is 3. The van der Waals surface area contributed by atoms with E-state index in [1.807, 2.05) is 6.92 Å². The minimum Gasteiger partial charge on any atom is -0.382 e. The lowest BCUT2D eigenvalue weighted by Crippen LogP contribution is -2.11. The number of rotatable bonds is 4. The van der Waals surface area contributed by atoms with Crippen molar-refractivity contribution in [2.45, 2.75) is 26.0 Å². The molecule has 0 bridgehead atoms. The molecule has 1 aromatic carbocycles. The van der Waals surface area contributed by atoms with E-state index in [2.05, 4.69) is 10.3 Å². The van der Waals surface area contributed by atoms with E-state index in [-0.39, 0.29) is 5.56 Å². The van der Waals surface area contributed by atoms with Gasteiger partial charge in [0.2, 0.25) is 0 Å². The molecule has 0 amide bonds. The lowest BCUT2D eigenvalue weighted by molar-refractivity contribution is 0.202. The highest BCUT2D eigenvalue weighted by Crippen LogP contribution is 2.25. The second kappa shape index (κ2) is 5.46. The van der Waals surface area contributed by atoms with Crippen LogP contribution in [0.15, 0.2) is 24.4 Å². The van der Waals surface area contributed by atoms with Gasteiger partial charge >= 0.3 is 0 Å². The monoisotopic (exact) mass is 269 g/mol. The van der Waals surface area contributed by atoms with E-state index in [4.69, 9.17) is 11.6 Å². The van der Waals surface area contributed by atoms with Gasteiger partial charge in [0, 0.05) is 17.1 Å². The van der Waals surface area contributed by atoms with Crippen LogP contribution in [0, 0.1) is 5.82 Å². The van der Waals surface area contributed by atoms with Crippen molar-refractivity contribution >= 4 is 11.6 Å². The van der Waals surface area contributed by atoms with Gasteiger partial charge in [-0.05, 0) is 18.6 Å². The van der Waals surface area contributed by atoms with Gasteiger partial charge in [-0.3, -0.25) is 0 Å². The normalized spacial score (nSPS) is 12.7. The van der Waals surface area contributed by atoms with Crippen molar-refractivity contribution in [1.29, 1.82) is 0 Å². The summed E-state index contributed by atoms with van der Waals surface area (Å²) in [5.74, 6) is -0.542. The maximum absolute atomic E-state index is 13.7. The minimum atomic E-state index is -1.09. The molecule has 0 saturated carbocycles. The zero-order chi connectivity index (χ0) is 13.1. The SMILES string of the molecule is CCCn1nncc1C(O)c1ccc(Cl)cc1F. The highest BCUT2D eigenvalue weighted by Gasteiger charge is 2.19. The molecule has 1 unspecified atom stereocenters. The lowest BCUT2D eigenvalue weighted by Gasteiger charge is -2.13. The van der Waals surface area contributed by atoms with Crippen molar-refractivity contribution in [1.82, 2.24) is 15.0 Å². The molecule has 0 aliphatic rings. The number of benzene rings is 1. The summed E-state index contributed by atoms with van der Waals surface area (Å²) < 4.78 is 15.3. The Hall–Kier alpha value is -1.46. The van der Waals surface area contributed by atoms with Gasteiger partial charge in [-0.15, -0.1) is 5.10 Å². The molecule has 0 saturated heterocycles. The molecule has 1 aromatic heterocycles. The van der Waals surface area contributed by atoms with Crippen LogP contribution in [0.5, 0.6) is 0 Å². The van der Waals surface area contributed by atoms with Crippen LogP contribution >= 0.6 is 11.6 Å². The molecule has 4 nitrogen and oxygen atoms in total. The number of aryl methyl sites for hydroxylation is 1. The minimum absolute atomic E-state index is 0.166. The van der Waals surface area contributed by atoms with E-state index < -0.39 is 11.9 Å². The fraction of sp³-hybridized carbons (Fsp3) is 0.333. The van der Waals surface area contributed by atoms with Gasteiger partial charge in [-0.25, -0.2) is 9.07 Å². The Kier molecular flexibility index (Phi) is 3.93. The predicted molar refractivity (Wildman–Crippen MR) is 65.8 cm³/mol. The van der Waals surface area contributed by atoms with Gasteiger partial charge in [-0.2, -0.15) is 0 Å². The van der Waals surface area contributed by atoms with E-state index >= 15 is 0 Å². The van der Waals surface area contributed by atoms with Crippen molar-refractivity contribution in [3.05, 3.63) is 46.5 Å². The van der Waals surface area contributed by atoms with Gasteiger partial charge < -0.3 is 5.11 Å². The topological polar surface area (TPSA) is 50.9 Å². The first kappa shape index (κ1) is 13.0. The quantitative estimate of drug-likeness (QED) is 0.928. The van der Waals surface area contributed by atoms with Crippen LogP contribution in [-0.4, -0.2) is 20.1 Å². The van der Waals surface area contributed by atoms with Gasteiger partial charge in [0.25, 0.3) is 0 Å². The smallest absolute Gasteiger partial charge is 0.130 e. The molecule has 1 atom stereocenters. The third-order valence-corrected chi connectivity index (χ3v) is 2.86. The number of hydrogen-bond donors (Lipinski definition) is 1. The number of aliphatic hydroxyl groups is 1. The summed E-state index contributed by atoms with van der Waals surface area (Å²) in [6, 6.07) is 4.18. The first-order valence-corrected chi connectivity index (χ1v) is 6.02. The number of halogens is 2. The summed E-state index contributed by atoms with van der Waals surface area (Å²) in [4.78, 5) is 0. The summed E-state index contributed by atoms with van der Waals surface area (Å²) in [5.41, 5.74) is 0.636. The average molecular weight is 270 g/mol. The van der Waals surface area contributed by atoms with E-state index in [1.54, 1.807) is 4.68 Å². The van der Waals surface area contributed by atoms with Gasteiger partial charge in [0.15, 0.2) is 0 Å². The Labute approximate surface area is 109 Å². The number of aliphatic hydroxyl groups excluding tert-OH is 1. The maximum atomic E-state index is 13.7. The Bertz CT molecular complexity index is 544. The summed E-state index contributed by atoms with van der Waals surface area (Å²) in [7, 11) is 0. The fourth-order valence-electron chi connectivity index (χ4n) is 1.75. The molecule has 18 heavy (non-hydrogen) atoms. The first-order chi connectivity index (χ1) is 8.63. The maximum Gasteiger partial charge on any atom is 0.130 e. The molecule has 2 rings (SSSR count). The van der Waals surface area contributed by atoms with Crippen LogP contribution in [0.4, 0.5) is 4.39 Å². The predicted octanol–water partition coefficient (Wildman–Crippen LogP) is 2.56. The molecule has 0 spiro atoms. The molecule has 1 heterocycles. The van der Waals surface area contributed by atoms with Crippen LogP contribution in [0.25, 0.3) is 0 Å². The highest BCUT2D eigenvalue weighted by molar-refractivity contribution is 6.30. The Morgan fingerprint density at radius 3 is 2.94 bits per heavy atom. The van der Waals surface area contributed by atoms with Crippen LogP contribution < -0.4 is 0 Å². The summed E-state index contributed by atoms with van der Waals surface area (Å²) >= 11 is 5.68. The van der Waals surface area contributed by atoms with Crippen LogP contribution in [0.1, 0.15) is 30.7 Å². The van der Waals surface area contributed by atoms with Crippen molar-refractivity contribution in [2.75, 3.05) is 0 Å². The lowest BCUT2D eigenvalue weighted by atomic mass is 10.1. The Balaban J connectivity index is 2.35. The van der Waals surface area contributed by atoms with Gasteiger partial charge in [0.05, 0.1) is 11.9 Å². The summed E-state index contributed by atoms with van der Waals surface area (Å²) in [6.07, 6.45) is 1.20. The van der Waals surface area contributed by atoms with Crippen LogP contribution in [0.2, 0.25) is 5.02 Å². The Morgan fingerprint density at radius 1 is 1.50 bits per heavy atom. The van der Waals surface area contributed by atoms with Crippen molar-refractivity contribution in [3.63, 3.8) is 0 Å². The molecule has 0 radical (unpaired) electrons. The Morgan fingerprint density at radius 2 is 2.28 bits per heavy atom. The molecule has 0 fully saturated rings. The van der Waals surface area contributed by atoms with Gasteiger partial charge in [-0.1, -0.05) is 29.8 Å². The van der Waals surface area contributed by atoms with E-state index in [0.717, 1.165) is 6.42 Å². The molecule has 1 N–H and O–H groups in total. The van der Waals surface area contributed by atoms with Crippen molar-refractivity contribution < 1.29 is 9.50 Å². The van der Waals surface area contributed by atoms with Crippen molar-refractivity contribution in [2.24, 2.45) is 0 Å². The second-order valence-corrected chi connectivity index (χ2v) is 4.39. The first-order valence-electron chi connectivity index (χ1n) is 5.65. The molecular formula is C12H13ClFN3O. The fourth-order valence-corrected chi connectivity index (χ4v) is 1.90. The van der Waals surface area contributed by atoms with Gasteiger partial charge in [0.1, 0.15) is 11.9 Å². The molecule has 0 aliphatic heterocycles. The zero-order valence-electron chi connectivity index (χ0n) is 9.85. The third-order valence-electron chi connectivity index (χ3n) is 2.62. The highest BCUT2D eigenvalue weighted by atomic mass is 35.5. The molecule has 2 aromatic rings. The van der Waals surface area contributed by atoms with Crippen LogP contribution in [-0.2, 0) is 6.54 Å². The molecular weight excluding hydrogens is 257 g/mol. The van der Waals surface area contributed by atoms with Crippen molar-refractivity contribution in [3.8, 4) is 0 Å². The van der Waals surface area contributed by atoms with Crippen LogP contribution in [0.3, 0.4) is 0 Å². The standard InChI is InChI=1S/C12H13ClFN3O/c1-2-5-17-11(7-15-16-17)12(18)9-4-3-8(13)6-10(9)14/h3-4,6-7,12,18H,2,5H2,1H3. The zero-order valence-corrected chi connectivity index (χ0v) is 10.6. The average Bonchev–Trinajstić information content (AvgIpc) is 2.77. The molecule has 0 aliphatic carbocycles. The third kappa shape index (κ3) is 2.52. The molecule has 6 heteroatoms. The number of aromatic nitrogens is 3. The number of nitrogens with zero attached hydrogens (tertiary/aromatic N) is 3. The summed E-state index contributed by atoms with van der Waals surface area (Å²) in [6.45, 7) is 2.61. The molecule has 96 valence electrons. The van der Waals surface area contributed by atoms with E-state index in [0.29, 0.717) is 17.3 Å². The van der Waals surface area contributed by atoms with E-state index in [9.17, 15) is 9.50 Å². The second-order valence-electron chi connectivity index (χ2n) is 3.95. The largest absolute Gasteiger partial charge is 0.382 e. The van der Waals surface area contributed by atoms with E-state index in [1.165, 1.54) is 24.4 Å².